The molecule has 3 heterocycles. The van der Waals surface area contributed by atoms with Crippen LogP contribution in [-0.2, 0) is 12.4 Å². The van der Waals surface area contributed by atoms with Crippen molar-refractivity contribution in [3.8, 4) is 11.9 Å². The molecule has 3 aromatic heterocycles. The van der Waals surface area contributed by atoms with Gasteiger partial charge >= 0.3 is 12.4 Å². The van der Waals surface area contributed by atoms with Gasteiger partial charge in [0, 0.05) is 30.8 Å². The summed E-state index contributed by atoms with van der Waals surface area (Å²) in [5.74, 6) is -1.67. The zero-order valence-electron chi connectivity index (χ0n) is 16.2. The number of hydrogen-bond donors (Lipinski definition) is 0. The van der Waals surface area contributed by atoms with Gasteiger partial charge in [-0.15, -0.1) is 0 Å². The first-order valence-corrected chi connectivity index (χ1v) is 8.98. The third-order valence-corrected chi connectivity index (χ3v) is 4.44. The van der Waals surface area contributed by atoms with Gasteiger partial charge in [-0.3, -0.25) is 14.3 Å². The number of nitriles is 1. The van der Waals surface area contributed by atoms with Crippen molar-refractivity contribution in [2.24, 2.45) is 0 Å². The van der Waals surface area contributed by atoms with Crippen molar-refractivity contribution < 1.29 is 31.1 Å². The second-order valence-corrected chi connectivity index (χ2v) is 6.38. The lowest BCUT2D eigenvalue weighted by Crippen LogP contribution is -2.32. The van der Waals surface area contributed by atoms with Crippen LogP contribution in [0.2, 0.25) is 0 Å². The first-order valence-electron chi connectivity index (χ1n) is 8.98. The van der Waals surface area contributed by atoms with Crippen molar-refractivity contribution in [2.75, 3.05) is 11.4 Å². The fraction of sp³-hybridized carbons (Fsp3) is 0.200. The van der Waals surface area contributed by atoms with Crippen molar-refractivity contribution in [1.82, 2.24) is 14.5 Å². The van der Waals surface area contributed by atoms with Crippen molar-refractivity contribution in [1.29, 1.82) is 5.26 Å². The van der Waals surface area contributed by atoms with Crippen LogP contribution in [0.5, 0.6) is 0 Å². The second kappa shape index (κ2) is 8.33. The van der Waals surface area contributed by atoms with E-state index in [0.717, 1.165) is 10.8 Å². The van der Waals surface area contributed by atoms with E-state index in [4.69, 9.17) is 0 Å². The van der Waals surface area contributed by atoms with Crippen LogP contribution in [0.4, 0.5) is 32.0 Å². The van der Waals surface area contributed by atoms with Crippen molar-refractivity contribution in [3.63, 3.8) is 0 Å². The normalized spacial score (nSPS) is 11.8. The lowest BCUT2D eigenvalue weighted by atomic mass is 10.1. The lowest BCUT2D eigenvalue weighted by molar-refractivity contribution is -0.145. The Labute approximate surface area is 177 Å². The topological polar surface area (TPSA) is 74.8 Å². The van der Waals surface area contributed by atoms with Crippen molar-refractivity contribution in [2.45, 2.75) is 19.3 Å². The highest BCUT2D eigenvalue weighted by atomic mass is 19.4. The Morgan fingerprint density at radius 2 is 1.78 bits per heavy atom. The van der Waals surface area contributed by atoms with Gasteiger partial charge in [-0.05, 0) is 37.3 Å². The number of carbonyl (C=O) groups is 1. The Balaban J connectivity index is 2.24. The molecule has 1 amide bonds. The van der Waals surface area contributed by atoms with Crippen LogP contribution in [0.25, 0.3) is 5.82 Å². The number of nitrogens with zero attached hydrogens (tertiary/aromatic N) is 5. The van der Waals surface area contributed by atoms with Crippen LogP contribution in [-0.4, -0.2) is 27.0 Å². The summed E-state index contributed by atoms with van der Waals surface area (Å²) in [5.41, 5.74) is -4.64. The number of aromatic nitrogens is 3. The summed E-state index contributed by atoms with van der Waals surface area (Å²) in [4.78, 5) is 21.5. The predicted molar refractivity (Wildman–Crippen MR) is 99.9 cm³/mol. The summed E-state index contributed by atoms with van der Waals surface area (Å²) < 4.78 is 80.9. The summed E-state index contributed by atoms with van der Waals surface area (Å²) >= 11 is 0. The van der Waals surface area contributed by atoms with Gasteiger partial charge in [-0.2, -0.15) is 31.6 Å². The fourth-order valence-corrected chi connectivity index (χ4v) is 3.03. The number of rotatable bonds is 4. The Hall–Kier alpha value is -3.88. The molecule has 3 rings (SSSR count). The summed E-state index contributed by atoms with van der Waals surface area (Å²) in [5, 5.41) is 9.33. The van der Waals surface area contributed by atoms with Gasteiger partial charge in [0.05, 0.1) is 5.56 Å². The molecule has 6 nitrogen and oxygen atoms in total. The van der Waals surface area contributed by atoms with Gasteiger partial charge in [-0.1, -0.05) is 0 Å². The number of amides is 1. The van der Waals surface area contributed by atoms with E-state index in [1.807, 2.05) is 0 Å². The molecule has 0 saturated heterocycles. The van der Waals surface area contributed by atoms with Crippen LogP contribution >= 0.6 is 0 Å². The number of anilines is 1. The molecule has 0 radical (unpaired) electrons. The van der Waals surface area contributed by atoms with Gasteiger partial charge in [-0.25, -0.2) is 4.98 Å². The highest BCUT2D eigenvalue weighted by molar-refractivity contribution is 6.05. The van der Waals surface area contributed by atoms with E-state index in [1.165, 1.54) is 47.6 Å². The average Bonchev–Trinajstić information content (AvgIpc) is 3.22. The predicted octanol–water partition coefficient (Wildman–Crippen LogP) is 4.84. The molecule has 0 N–H and O–H groups in total. The van der Waals surface area contributed by atoms with Gasteiger partial charge in [0.15, 0.2) is 5.82 Å². The highest BCUT2D eigenvalue weighted by Crippen LogP contribution is 2.38. The SMILES string of the molecule is CCN(C(=O)c1cccn1-c1nc(C(F)(F)F)cc(C(F)(F)F)c1C#N)c1ccncc1. The molecule has 32 heavy (non-hydrogen) atoms. The van der Waals surface area contributed by atoms with Crippen LogP contribution in [0.15, 0.2) is 48.9 Å². The largest absolute Gasteiger partial charge is 0.433 e. The van der Waals surface area contributed by atoms with Gasteiger partial charge < -0.3 is 4.90 Å². The molecule has 0 aliphatic carbocycles. The average molecular weight is 453 g/mol. The maximum Gasteiger partial charge on any atom is 0.433 e. The van der Waals surface area contributed by atoms with E-state index in [1.54, 1.807) is 6.92 Å². The number of halogens is 6. The lowest BCUT2D eigenvalue weighted by Gasteiger charge is -2.22. The summed E-state index contributed by atoms with van der Waals surface area (Å²) in [6.07, 6.45) is -6.57. The molecule has 166 valence electrons. The molecule has 12 heteroatoms. The monoisotopic (exact) mass is 453 g/mol. The molecule has 0 spiro atoms. The first kappa shape index (κ1) is 22.8. The van der Waals surface area contributed by atoms with E-state index in [0.29, 0.717) is 5.69 Å². The minimum Gasteiger partial charge on any atom is -0.307 e. The third kappa shape index (κ3) is 4.27. The minimum atomic E-state index is -5.26. The maximum absolute atomic E-state index is 13.5. The molecule has 0 atom stereocenters. The summed E-state index contributed by atoms with van der Waals surface area (Å²) in [6, 6.07) is 6.55. The van der Waals surface area contributed by atoms with Crippen LogP contribution < -0.4 is 4.90 Å². The molecule has 0 aromatic carbocycles. The molecule has 3 aromatic rings. The van der Waals surface area contributed by atoms with Crippen molar-refractivity contribution in [3.05, 3.63) is 71.4 Å². The number of alkyl halides is 6. The second-order valence-electron chi connectivity index (χ2n) is 6.38. The quantitative estimate of drug-likeness (QED) is 0.530. The number of carbonyl (C=O) groups excluding carboxylic acids is 1. The summed E-state index contributed by atoms with van der Waals surface area (Å²) in [7, 11) is 0. The Morgan fingerprint density at radius 3 is 2.31 bits per heavy atom. The Morgan fingerprint density at radius 1 is 1.12 bits per heavy atom. The Kier molecular flexibility index (Phi) is 5.94. The molecule has 0 unspecified atom stereocenters. The van der Waals surface area contributed by atoms with Crippen LogP contribution in [0.1, 0.15) is 34.2 Å². The minimum absolute atomic E-state index is 0.142. The first-order chi connectivity index (χ1) is 15.0. The molecule has 0 aliphatic rings. The van der Waals surface area contributed by atoms with Crippen LogP contribution in [0, 0.1) is 11.3 Å². The molecule has 0 bridgehead atoms. The molecule has 0 fully saturated rings. The van der Waals surface area contributed by atoms with E-state index < -0.39 is 40.9 Å². The molecular weight excluding hydrogens is 440 g/mol. The number of pyridine rings is 2. The fourth-order valence-electron chi connectivity index (χ4n) is 3.03. The summed E-state index contributed by atoms with van der Waals surface area (Å²) in [6.45, 7) is 1.78. The highest BCUT2D eigenvalue weighted by Gasteiger charge is 2.41. The molecular formula is C20H13F6N5O. The van der Waals surface area contributed by atoms with Gasteiger partial charge in [0.2, 0.25) is 0 Å². The van der Waals surface area contributed by atoms with Crippen molar-refractivity contribution >= 4 is 11.6 Å². The molecule has 0 saturated carbocycles. The third-order valence-electron chi connectivity index (χ3n) is 4.44. The van der Waals surface area contributed by atoms with Gasteiger partial charge in [0.25, 0.3) is 5.91 Å². The molecule has 0 aliphatic heterocycles. The Bertz CT molecular complexity index is 1180. The standard InChI is InChI=1S/C20H13F6N5O/c1-2-30(12-5-7-28-8-6-12)18(32)15-4-3-9-31(15)17-13(11-27)14(19(21,22)23)10-16(29-17)20(24,25)26/h3-10H,2H2,1H3. The van der Waals surface area contributed by atoms with E-state index in [9.17, 15) is 36.4 Å². The van der Waals surface area contributed by atoms with E-state index >= 15 is 0 Å². The van der Waals surface area contributed by atoms with Crippen LogP contribution in [0.3, 0.4) is 0 Å². The smallest absolute Gasteiger partial charge is 0.307 e. The zero-order valence-corrected chi connectivity index (χ0v) is 16.2. The zero-order chi connectivity index (χ0) is 23.7. The van der Waals surface area contributed by atoms with E-state index in [-0.39, 0.29) is 18.3 Å². The maximum atomic E-state index is 13.5. The van der Waals surface area contributed by atoms with E-state index in [2.05, 4.69) is 9.97 Å². The number of hydrogen-bond acceptors (Lipinski definition) is 4. The van der Waals surface area contributed by atoms with Gasteiger partial charge in [0.1, 0.15) is 23.0 Å².